The lowest BCUT2D eigenvalue weighted by Gasteiger charge is -2.64. The van der Waals surface area contributed by atoms with Crippen molar-refractivity contribution in [2.24, 2.45) is 92.1 Å². The number of carbonyl (C=O) groups excluding carboxylic acids is 3. The molecule has 3 heterocycles. The molecular formula is C75H99N5O13S2. The van der Waals surface area contributed by atoms with Crippen molar-refractivity contribution < 1.29 is 65.1 Å². The zero-order valence-corrected chi connectivity index (χ0v) is 56.9. The van der Waals surface area contributed by atoms with Gasteiger partial charge in [-0.2, -0.15) is 0 Å². The van der Waals surface area contributed by atoms with E-state index in [2.05, 4.69) is 40.5 Å². The second-order valence-electron chi connectivity index (χ2n) is 31.0. The molecule has 18 nitrogen and oxygen atoms in total. The summed E-state index contributed by atoms with van der Waals surface area (Å²) in [6, 6.07) is 16.9. The number of aromatic nitrogens is 1. The van der Waals surface area contributed by atoms with Crippen LogP contribution in [0, 0.1) is 93.2 Å². The van der Waals surface area contributed by atoms with E-state index in [4.69, 9.17) is 15.5 Å². The maximum absolute atomic E-state index is 16.6. The minimum absolute atomic E-state index is 0.00186. The number of rotatable bonds is 11. The van der Waals surface area contributed by atoms with Crippen molar-refractivity contribution in [3.8, 4) is 17.6 Å². The Morgan fingerprint density at radius 2 is 1.69 bits per heavy atom. The first-order valence-corrected chi connectivity index (χ1v) is 37.6. The summed E-state index contributed by atoms with van der Waals surface area (Å²) < 4.78 is 6.39. The van der Waals surface area contributed by atoms with Crippen LogP contribution in [0.1, 0.15) is 159 Å². The average molecular weight is 1340 g/mol. The summed E-state index contributed by atoms with van der Waals surface area (Å²) in [6.45, 7) is 7.59. The number of fused-ring (bicyclic) bond motifs is 10. The number of phenols is 1. The molecule has 4 bridgehead atoms. The number of aliphatic imine (C=N–C) groups is 1. The number of allylic oxidation sites excluding steroid dienone is 3. The number of ether oxygens (including phenoxy) is 1. The fraction of sp³-hybridized carbons (Fsp3) is 0.653. The number of nitrogens with one attached hydrogen (secondary N) is 3. The van der Waals surface area contributed by atoms with Crippen LogP contribution >= 0.6 is 21.6 Å². The minimum Gasteiger partial charge on any atom is -0.508 e. The number of nitrogens with two attached hydrogens (primary N) is 1. The Morgan fingerprint density at radius 1 is 0.926 bits per heavy atom. The molecule has 0 amide bonds. The molecule has 2 aliphatic heterocycles. The predicted molar refractivity (Wildman–Crippen MR) is 363 cm³/mol. The van der Waals surface area contributed by atoms with Crippen LogP contribution in [0.5, 0.6) is 5.75 Å². The molecule has 23 atom stereocenters. The number of aliphatic hydroxyl groups excluding tert-OH is 4. The number of H-pyrrole nitrogens is 1. The molecule has 5 saturated carbocycles. The zero-order valence-electron chi connectivity index (χ0n) is 55.2. The summed E-state index contributed by atoms with van der Waals surface area (Å²) in [5.41, 5.74) is 1.26. The second-order valence-corrected chi connectivity index (χ2v) is 33.6. The van der Waals surface area contributed by atoms with Gasteiger partial charge >= 0.3 is 5.97 Å². The maximum Gasteiger partial charge on any atom is 0.314 e. The largest absolute Gasteiger partial charge is 0.508 e. The number of benzene rings is 2. The third kappa shape index (κ3) is 11.6. The number of ketones is 2. The van der Waals surface area contributed by atoms with E-state index in [0.29, 0.717) is 42.9 Å². The predicted octanol–water partition coefficient (Wildman–Crippen LogP) is 7.68. The van der Waals surface area contributed by atoms with E-state index in [0.717, 1.165) is 36.0 Å². The Hall–Kier alpha value is -5.18. The van der Waals surface area contributed by atoms with Crippen LogP contribution in [-0.2, 0) is 25.7 Å². The molecule has 1 spiro atoms. The third-order valence-electron chi connectivity index (χ3n) is 26.3. The molecule has 14 N–H and O–H groups in total. The monoisotopic (exact) mass is 1340 g/mol. The SMILES string of the molecule is CCC1OC(=O)C(c2cc[nH]c2)C1C1C#CCC2CC3(O)C4=C5NC(CO)C(=O)CC(c6ccc(O)cc6)CSSCC6C(O)C(O)CC(C)(C4CCC3(CCNC(N)=NCc3ccccc3)C2C(C)(O)C2(O)CCC3(C1)C1CC(C)CCC1=CCC3C(C(O)O)C2)C6C5=O. The Morgan fingerprint density at radius 3 is 2.42 bits per heavy atom. The molecule has 13 rings (SSSR count). The first kappa shape index (κ1) is 68.3. The third-order valence-corrected chi connectivity index (χ3v) is 28.9. The van der Waals surface area contributed by atoms with Crippen molar-refractivity contribution in [3.63, 3.8) is 0 Å². The van der Waals surface area contributed by atoms with E-state index in [1.165, 1.54) is 27.2 Å². The van der Waals surface area contributed by atoms with Crippen molar-refractivity contribution in [3.05, 3.63) is 113 Å². The number of Topliss-reactive ketones (excluding diaryl/α,β-unsaturated/α-hetero) is 2. The number of aromatic hydroxyl groups is 1. The standard InChI is InChI=1S/C75H99N5O13S2/c1-5-58-59(60(68(89)93-58)47-23-28-77-37-47)45-12-9-13-46-33-75(92)62-53(70(3)35-57(84)64(85)51-40-95-94-39-48(43-16-19-49(82)20-17-43)31-56(83)55(38-81)80-63(62)65(86)61(51)70)22-24-73(75,27-29-78-69(76)79-36-42-10-7-6-8-11-42)66(46)71(4,90)74(91)26-25-72(32-45)52(50(34-74)67(87)88)21-18-44-15-14-41(2)30-54(44)72/h6-8,10-11,16-20,23,28,37,41,45-46,48,50-55,57-61,64,66-67,77,80-82,84-85,87-88,90-92H,5,13-15,21-22,24-27,29-36,38-40H2,1-4H3,(H3,76,78,79). The van der Waals surface area contributed by atoms with Gasteiger partial charge in [-0.3, -0.25) is 14.4 Å². The number of phenolic OH excluding ortho intramolecular Hbond substituents is 1. The van der Waals surface area contributed by atoms with E-state index in [1.807, 2.05) is 62.6 Å². The van der Waals surface area contributed by atoms with Crippen molar-refractivity contribution >= 4 is 45.1 Å². The number of nitrogens with zero attached hydrogens (tertiary/aromatic N) is 1. The molecule has 7 fully saturated rings. The lowest BCUT2D eigenvalue weighted by Crippen LogP contribution is -2.69. The number of aromatic amines is 1. The van der Waals surface area contributed by atoms with Crippen LogP contribution in [0.15, 0.2) is 101 Å². The highest BCUT2D eigenvalue weighted by molar-refractivity contribution is 8.76. The molecule has 3 aromatic rings. The van der Waals surface area contributed by atoms with Gasteiger partial charge in [0.2, 0.25) is 0 Å². The Labute approximate surface area is 566 Å². The van der Waals surface area contributed by atoms with Crippen LogP contribution < -0.4 is 16.4 Å². The minimum atomic E-state index is -2.15. The molecular weight excluding hydrogens is 1240 g/mol. The number of hydrogen-bond donors (Lipinski definition) is 13. The van der Waals surface area contributed by atoms with Gasteiger partial charge < -0.3 is 72.0 Å². The number of esters is 1. The number of guanidine groups is 1. The molecule has 2 saturated heterocycles. The van der Waals surface area contributed by atoms with Crippen LogP contribution in [0.3, 0.4) is 0 Å². The van der Waals surface area contributed by atoms with E-state index < -0.39 is 141 Å². The second kappa shape index (κ2) is 26.5. The lowest BCUT2D eigenvalue weighted by atomic mass is 9.42. The van der Waals surface area contributed by atoms with Crippen molar-refractivity contribution in [2.75, 3.05) is 24.7 Å². The average Bonchev–Trinajstić information content (AvgIpc) is 1.61. The number of aliphatic hydroxyl groups is 8. The van der Waals surface area contributed by atoms with Gasteiger partial charge in [0.15, 0.2) is 23.8 Å². The van der Waals surface area contributed by atoms with Gasteiger partial charge in [0, 0.05) is 90.1 Å². The van der Waals surface area contributed by atoms with Crippen LogP contribution in [0.25, 0.3) is 0 Å². The number of cyclic esters (lactones) is 1. The molecule has 2 aromatic carbocycles. The highest BCUT2D eigenvalue weighted by Gasteiger charge is 2.77. The van der Waals surface area contributed by atoms with Gasteiger partial charge in [0.05, 0.1) is 53.8 Å². The molecule has 95 heavy (non-hydrogen) atoms. The zero-order chi connectivity index (χ0) is 67.1. The van der Waals surface area contributed by atoms with E-state index >= 15 is 14.7 Å². The lowest BCUT2D eigenvalue weighted by molar-refractivity contribution is -0.235. The van der Waals surface area contributed by atoms with E-state index in [-0.39, 0.29) is 112 Å². The summed E-state index contributed by atoms with van der Waals surface area (Å²) in [6.07, 6.45) is 5.90. The van der Waals surface area contributed by atoms with Gasteiger partial charge in [-0.1, -0.05) is 102 Å². The first-order chi connectivity index (χ1) is 45.4. The normalized spacial score (nSPS) is 42.8. The maximum atomic E-state index is 16.6. The molecule has 1 aromatic heterocycles. The van der Waals surface area contributed by atoms with Crippen LogP contribution in [0.4, 0.5) is 0 Å². The molecule has 20 heteroatoms. The molecule has 8 aliphatic carbocycles. The summed E-state index contributed by atoms with van der Waals surface area (Å²) in [4.78, 5) is 54.1. The van der Waals surface area contributed by atoms with Gasteiger partial charge in [-0.15, -0.1) is 5.92 Å². The molecule has 514 valence electrons. The fourth-order valence-corrected chi connectivity index (χ4v) is 24.7. The number of carbonyl (C=O) groups is 3. The Balaban J connectivity index is 1.02. The topological polar surface area (TPSA) is 321 Å². The smallest absolute Gasteiger partial charge is 0.314 e. The van der Waals surface area contributed by atoms with Gasteiger partial charge in [-0.25, -0.2) is 4.99 Å². The highest BCUT2D eigenvalue weighted by Crippen LogP contribution is 2.75. The van der Waals surface area contributed by atoms with E-state index in [1.54, 1.807) is 31.2 Å². The van der Waals surface area contributed by atoms with Crippen molar-refractivity contribution in [1.82, 2.24) is 15.6 Å². The first-order valence-electron chi connectivity index (χ1n) is 35.1. The van der Waals surface area contributed by atoms with Gasteiger partial charge in [0.25, 0.3) is 0 Å². The van der Waals surface area contributed by atoms with Crippen LogP contribution in [0.2, 0.25) is 0 Å². The Kier molecular flexibility index (Phi) is 19.1. The fourth-order valence-electron chi connectivity index (χ4n) is 21.9. The molecule has 10 aliphatic rings. The van der Waals surface area contributed by atoms with Gasteiger partial charge in [-0.05, 0) is 178 Å². The molecule has 23 unspecified atom stereocenters. The summed E-state index contributed by atoms with van der Waals surface area (Å²) in [5.74, 6) is 0.0465. The summed E-state index contributed by atoms with van der Waals surface area (Å²) in [5, 5.41) is 122. The quantitative estimate of drug-likeness (QED) is 0.0166. The number of hydrogen-bond acceptors (Lipinski definition) is 17. The van der Waals surface area contributed by atoms with Crippen molar-refractivity contribution in [2.45, 2.75) is 196 Å². The van der Waals surface area contributed by atoms with Gasteiger partial charge in [0.1, 0.15) is 17.9 Å². The highest BCUT2D eigenvalue weighted by atomic mass is 33.1. The summed E-state index contributed by atoms with van der Waals surface area (Å²) >= 11 is 0. The molecule has 0 radical (unpaired) electrons. The van der Waals surface area contributed by atoms with E-state index in [9.17, 15) is 45.6 Å². The van der Waals surface area contributed by atoms with Crippen molar-refractivity contribution in [1.29, 1.82) is 0 Å². The Bertz CT molecular complexity index is 3500. The summed E-state index contributed by atoms with van der Waals surface area (Å²) in [7, 11) is 2.95. The van der Waals surface area contributed by atoms with Crippen LogP contribution in [-0.4, -0.2) is 147 Å².